The van der Waals surface area contributed by atoms with E-state index >= 15 is 0 Å². The summed E-state index contributed by atoms with van der Waals surface area (Å²) in [6, 6.07) is 69.3. The van der Waals surface area contributed by atoms with Crippen LogP contribution in [0.2, 0.25) is 0 Å². The summed E-state index contributed by atoms with van der Waals surface area (Å²) in [7, 11) is 0. The van der Waals surface area contributed by atoms with E-state index in [1.54, 1.807) is 0 Å². The molecule has 5 nitrogen and oxygen atoms in total. The summed E-state index contributed by atoms with van der Waals surface area (Å²) in [4.78, 5) is 9.45. The zero-order valence-electron chi connectivity index (χ0n) is 38.0. The van der Waals surface area contributed by atoms with Crippen molar-refractivity contribution in [2.45, 2.75) is 52.4 Å². The first kappa shape index (κ1) is 42.9. The van der Waals surface area contributed by atoms with Crippen LogP contribution in [0.5, 0.6) is 0 Å². The largest absolute Gasteiger partial charge is 2.00 e. The number of para-hydroxylation sites is 5. The SMILES string of the molecule is CC(C)(C)c1ccnc(-n2c3[c-]cccc3c3cc(-c4ccc5c(c4)c4ccccc4n5-c4ccccc4)ccc32)c1.CC(C)(C)c1ccnc(-n2c3[c-]cccc3c3ccccc32)c1.[Pt+2]. The van der Waals surface area contributed by atoms with Crippen molar-refractivity contribution in [3.8, 4) is 28.5 Å². The number of hydrogen-bond donors (Lipinski definition) is 0. The van der Waals surface area contributed by atoms with Crippen LogP contribution in [-0.2, 0) is 31.9 Å². The molecule has 12 rings (SSSR count). The van der Waals surface area contributed by atoms with E-state index in [1.807, 2.05) is 30.6 Å². The molecule has 7 aromatic carbocycles. The molecular weight excluding hydrogens is 986 g/mol. The van der Waals surface area contributed by atoms with Crippen LogP contribution in [0.15, 0.2) is 188 Å². The molecule has 6 heteroatoms. The van der Waals surface area contributed by atoms with Gasteiger partial charge in [-0.15, -0.1) is 10.8 Å². The van der Waals surface area contributed by atoms with Crippen molar-refractivity contribution in [1.29, 1.82) is 0 Å². The molecule has 0 radical (unpaired) electrons. The van der Waals surface area contributed by atoms with E-state index < -0.39 is 0 Å². The predicted octanol–water partition coefficient (Wildman–Crippen LogP) is 15.3. The van der Waals surface area contributed by atoms with Gasteiger partial charge in [-0.2, -0.15) is 48.5 Å². The maximum Gasteiger partial charge on any atom is 2.00 e. The Labute approximate surface area is 400 Å². The topological polar surface area (TPSA) is 40.6 Å². The molecule has 0 fully saturated rings. The number of hydrogen-bond acceptors (Lipinski definition) is 2. The van der Waals surface area contributed by atoms with Crippen molar-refractivity contribution in [2.24, 2.45) is 0 Å². The number of pyridine rings is 2. The summed E-state index contributed by atoms with van der Waals surface area (Å²) in [5, 5.41) is 7.35. The van der Waals surface area contributed by atoms with Crippen LogP contribution in [0, 0.1) is 12.1 Å². The van der Waals surface area contributed by atoms with Crippen LogP contribution in [0.4, 0.5) is 0 Å². The number of nitrogens with zero attached hydrogens (tertiary/aromatic N) is 5. The molecule has 5 heterocycles. The number of fused-ring (bicyclic) bond motifs is 9. The standard InChI is InChI=1S/C39H30N3.C21H19N2.Pt/c1-39(2,3)28-21-22-40-38(25-28)42-35-16-10-8-14-31(35)33-24-27(18-20-37(33)42)26-17-19-36-32(23-26)30-13-7-9-15-34(30)41(36)29-11-5-4-6-12-29;1-21(2,3)15-12-13-22-20(14-15)23-18-10-6-4-8-16(18)17-9-5-7-11-19(17)23;/h4-15,17-25H,1-3H3;4-10,12-14H,1-3H3;/q2*-1;+2. The van der Waals surface area contributed by atoms with E-state index in [-0.39, 0.29) is 31.9 Å². The Morgan fingerprint density at radius 2 is 0.788 bits per heavy atom. The molecule has 0 aliphatic carbocycles. The molecule has 5 aromatic heterocycles. The van der Waals surface area contributed by atoms with Gasteiger partial charge in [-0.25, -0.2) is 9.97 Å². The second-order valence-electron chi connectivity index (χ2n) is 19.0. The Morgan fingerprint density at radius 3 is 1.32 bits per heavy atom. The van der Waals surface area contributed by atoms with Gasteiger partial charge in [-0.05, 0) is 111 Å². The Bertz CT molecular complexity index is 3690. The Balaban J connectivity index is 0.000000180. The minimum Gasteiger partial charge on any atom is -0.319 e. The molecule has 0 unspecified atom stereocenters. The van der Waals surface area contributed by atoms with E-state index in [1.165, 1.54) is 76.8 Å². The molecule has 0 bridgehead atoms. The number of aromatic nitrogens is 5. The molecule has 0 atom stereocenters. The molecule has 0 aliphatic rings. The summed E-state index contributed by atoms with van der Waals surface area (Å²) in [5.41, 5.74) is 13.1. The fraction of sp³-hybridized carbons (Fsp3) is 0.133. The monoisotopic (exact) mass is 1030 g/mol. The van der Waals surface area contributed by atoms with Crippen molar-refractivity contribution in [3.63, 3.8) is 0 Å². The maximum atomic E-state index is 4.81. The number of rotatable bonds is 4. The average molecular weight is 1040 g/mol. The third kappa shape index (κ3) is 7.42. The van der Waals surface area contributed by atoms with Crippen LogP contribution in [0.1, 0.15) is 52.7 Å². The van der Waals surface area contributed by atoms with Gasteiger partial charge >= 0.3 is 21.1 Å². The van der Waals surface area contributed by atoms with Gasteiger partial charge in [0.05, 0.1) is 11.0 Å². The fourth-order valence-electron chi connectivity index (χ4n) is 9.42. The van der Waals surface area contributed by atoms with Crippen molar-refractivity contribution in [3.05, 3.63) is 212 Å². The van der Waals surface area contributed by atoms with Crippen LogP contribution in [0.3, 0.4) is 0 Å². The summed E-state index contributed by atoms with van der Waals surface area (Å²) in [6.45, 7) is 13.4. The van der Waals surface area contributed by atoms with Crippen molar-refractivity contribution in [1.82, 2.24) is 23.7 Å². The third-order valence-electron chi connectivity index (χ3n) is 12.8. The Kier molecular flexibility index (Phi) is 10.9. The third-order valence-corrected chi connectivity index (χ3v) is 12.8. The minimum absolute atomic E-state index is 0. The smallest absolute Gasteiger partial charge is 0.319 e. The Morgan fingerprint density at radius 1 is 0.379 bits per heavy atom. The van der Waals surface area contributed by atoms with Gasteiger partial charge < -0.3 is 13.7 Å². The molecule has 0 N–H and O–H groups in total. The zero-order valence-corrected chi connectivity index (χ0v) is 40.2. The van der Waals surface area contributed by atoms with Gasteiger partial charge in [0.1, 0.15) is 11.6 Å². The quantitative estimate of drug-likeness (QED) is 0.165. The van der Waals surface area contributed by atoms with Gasteiger partial charge in [-0.1, -0.05) is 125 Å². The minimum atomic E-state index is 0. The number of benzene rings is 7. The van der Waals surface area contributed by atoms with Gasteiger partial charge in [-0.3, -0.25) is 0 Å². The van der Waals surface area contributed by atoms with Gasteiger partial charge in [0.2, 0.25) is 0 Å². The molecule has 0 spiro atoms. The van der Waals surface area contributed by atoms with Crippen molar-refractivity contribution >= 4 is 65.4 Å². The van der Waals surface area contributed by atoms with Crippen molar-refractivity contribution < 1.29 is 21.1 Å². The maximum absolute atomic E-state index is 4.81. The molecule has 0 aliphatic heterocycles. The molecule has 12 aromatic rings. The summed E-state index contributed by atoms with van der Waals surface area (Å²) >= 11 is 0. The van der Waals surface area contributed by atoms with Crippen LogP contribution < -0.4 is 0 Å². The fourth-order valence-corrected chi connectivity index (χ4v) is 9.42. The summed E-state index contributed by atoms with van der Waals surface area (Å²) in [6.07, 6.45) is 3.82. The molecule has 0 saturated heterocycles. The first-order valence-electron chi connectivity index (χ1n) is 22.4. The first-order chi connectivity index (χ1) is 31.5. The van der Waals surface area contributed by atoms with E-state index in [4.69, 9.17) is 4.98 Å². The van der Waals surface area contributed by atoms with Crippen LogP contribution in [0.25, 0.3) is 93.9 Å². The second-order valence-corrected chi connectivity index (χ2v) is 19.0. The zero-order chi connectivity index (χ0) is 44.5. The summed E-state index contributed by atoms with van der Waals surface area (Å²) in [5.74, 6) is 1.87. The van der Waals surface area contributed by atoms with Crippen LogP contribution >= 0.6 is 0 Å². The van der Waals surface area contributed by atoms with E-state index in [2.05, 4.69) is 230 Å². The Hall–Kier alpha value is -7.07. The molecular formula is C60H49N5Pt. The van der Waals surface area contributed by atoms with E-state index in [9.17, 15) is 0 Å². The van der Waals surface area contributed by atoms with E-state index in [0.29, 0.717) is 0 Å². The van der Waals surface area contributed by atoms with Gasteiger partial charge in [0, 0.05) is 39.9 Å². The van der Waals surface area contributed by atoms with Crippen molar-refractivity contribution in [2.75, 3.05) is 0 Å². The predicted molar refractivity (Wildman–Crippen MR) is 272 cm³/mol. The van der Waals surface area contributed by atoms with Gasteiger partial charge in [0.15, 0.2) is 0 Å². The normalized spacial score (nSPS) is 12.0. The van der Waals surface area contributed by atoms with E-state index in [0.717, 1.165) is 28.2 Å². The summed E-state index contributed by atoms with van der Waals surface area (Å²) < 4.78 is 6.82. The molecule has 66 heavy (non-hydrogen) atoms. The van der Waals surface area contributed by atoms with Gasteiger partial charge in [0.25, 0.3) is 0 Å². The molecule has 0 amide bonds. The molecule has 0 saturated carbocycles. The first-order valence-corrected chi connectivity index (χ1v) is 22.4. The second kappa shape index (κ2) is 16.7. The molecule has 324 valence electrons. The van der Waals surface area contributed by atoms with Crippen LogP contribution in [-0.4, -0.2) is 23.7 Å². The average Bonchev–Trinajstić information content (AvgIpc) is 3.97.